The summed E-state index contributed by atoms with van der Waals surface area (Å²) >= 11 is 0. The summed E-state index contributed by atoms with van der Waals surface area (Å²) < 4.78 is 4.96. The maximum absolute atomic E-state index is 11.0. The Bertz CT molecular complexity index is 205. The molecular formula is C11H18O3. The van der Waals surface area contributed by atoms with Gasteiger partial charge in [0.1, 0.15) is 12.2 Å². The third-order valence-corrected chi connectivity index (χ3v) is 2.66. The van der Waals surface area contributed by atoms with Gasteiger partial charge in [-0.1, -0.05) is 25.7 Å². The molecule has 3 nitrogen and oxygen atoms in total. The van der Waals surface area contributed by atoms with Crippen LogP contribution in [0.5, 0.6) is 0 Å². The second-order valence-corrected chi connectivity index (χ2v) is 4.04. The quantitative estimate of drug-likeness (QED) is 0.502. The van der Waals surface area contributed by atoms with E-state index in [9.17, 15) is 9.59 Å². The van der Waals surface area contributed by atoms with Gasteiger partial charge in [-0.25, -0.2) is 0 Å². The van der Waals surface area contributed by atoms with E-state index >= 15 is 0 Å². The largest absolute Gasteiger partial charge is 0.465 e. The highest BCUT2D eigenvalue weighted by molar-refractivity contribution is 5.94. The molecule has 1 aliphatic rings. The summed E-state index contributed by atoms with van der Waals surface area (Å²) in [5.41, 5.74) is 0. The summed E-state index contributed by atoms with van der Waals surface area (Å²) in [7, 11) is 0. The van der Waals surface area contributed by atoms with Gasteiger partial charge in [0.15, 0.2) is 0 Å². The number of carbonyl (C=O) groups excluding carboxylic acids is 2. The Balaban J connectivity index is 2.02. The molecule has 0 aromatic carbocycles. The lowest BCUT2D eigenvalue weighted by molar-refractivity contribution is -0.146. The van der Waals surface area contributed by atoms with Crippen LogP contribution in [-0.4, -0.2) is 18.4 Å². The van der Waals surface area contributed by atoms with Crippen LogP contribution in [0.2, 0.25) is 0 Å². The van der Waals surface area contributed by atoms with E-state index in [1.165, 1.54) is 32.6 Å². The van der Waals surface area contributed by atoms with E-state index in [4.69, 9.17) is 4.74 Å². The van der Waals surface area contributed by atoms with Gasteiger partial charge in [-0.15, -0.1) is 0 Å². The highest BCUT2D eigenvalue weighted by Crippen LogP contribution is 2.27. The molecule has 0 unspecified atom stereocenters. The number of ether oxygens (including phenoxy) is 1. The highest BCUT2D eigenvalue weighted by atomic mass is 16.5. The van der Waals surface area contributed by atoms with Crippen LogP contribution in [0.3, 0.4) is 0 Å². The SMILES string of the molecule is CC(=O)CC(=O)OCCC1CCCC1. The van der Waals surface area contributed by atoms with Crippen molar-refractivity contribution in [2.75, 3.05) is 6.61 Å². The van der Waals surface area contributed by atoms with E-state index in [0.29, 0.717) is 6.61 Å². The molecule has 0 spiro atoms. The summed E-state index contributed by atoms with van der Waals surface area (Å²) in [5.74, 6) is 0.228. The number of esters is 1. The lowest BCUT2D eigenvalue weighted by Gasteiger charge is -2.08. The summed E-state index contributed by atoms with van der Waals surface area (Å²) in [4.78, 5) is 21.6. The molecule has 0 atom stereocenters. The monoisotopic (exact) mass is 198 g/mol. The third kappa shape index (κ3) is 4.40. The number of carbonyl (C=O) groups is 2. The Labute approximate surface area is 84.8 Å². The Morgan fingerprint density at radius 2 is 1.93 bits per heavy atom. The molecule has 1 rings (SSSR count). The van der Waals surface area contributed by atoms with Crippen molar-refractivity contribution in [2.45, 2.75) is 45.4 Å². The minimum atomic E-state index is -0.379. The van der Waals surface area contributed by atoms with Crippen LogP contribution in [0.25, 0.3) is 0 Å². The first-order valence-corrected chi connectivity index (χ1v) is 5.33. The van der Waals surface area contributed by atoms with E-state index in [0.717, 1.165) is 12.3 Å². The van der Waals surface area contributed by atoms with E-state index in [1.54, 1.807) is 0 Å². The number of ketones is 1. The first-order chi connectivity index (χ1) is 6.68. The fourth-order valence-electron chi connectivity index (χ4n) is 1.89. The van der Waals surface area contributed by atoms with Crippen molar-refractivity contribution in [3.05, 3.63) is 0 Å². The molecule has 0 bridgehead atoms. The Kier molecular flexibility index (Phi) is 4.63. The van der Waals surface area contributed by atoms with E-state index in [2.05, 4.69) is 0 Å². The van der Waals surface area contributed by atoms with Gasteiger partial charge in [0.05, 0.1) is 6.61 Å². The summed E-state index contributed by atoms with van der Waals surface area (Å²) in [5, 5.41) is 0. The first kappa shape index (κ1) is 11.2. The van der Waals surface area contributed by atoms with Gasteiger partial charge >= 0.3 is 5.97 Å². The predicted octanol–water partition coefficient (Wildman–Crippen LogP) is 2.09. The summed E-state index contributed by atoms with van der Waals surface area (Å²) in [6.07, 6.45) is 6.04. The second-order valence-electron chi connectivity index (χ2n) is 4.04. The molecule has 0 aromatic heterocycles. The normalized spacial score (nSPS) is 16.9. The molecule has 80 valence electrons. The molecular weight excluding hydrogens is 180 g/mol. The molecule has 1 aliphatic carbocycles. The molecule has 0 amide bonds. The smallest absolute Gasteiger partial charge is 0.313 e. The van der Waals surface area contributed by atoms with Crippen LogP contribution in [0, 0.1) is 5.92 Å². The maximum atomic E-state index is 11.0. The molecule has 3 heteroatoms. The van der Waals surface area contributed by atoms with E-state index in [-0.39, 0.29) is 18.2 Å². The zero-order valence-corrected chi connectivity index (χ0v) is 8.75. The van der Waals surface area contributed by atoms with Gasteiger partial charge in [0, 0.05) is 0 Å². The lowest BCUT2D eigenvalue weighted by atomic mass is 10.1. The molecule has 0 saturated heterocycles. The molecule has 0 heterocycles. The molecule has 14 heavy (non-hydrogen) atoms. The van der Waals surface area contributed by atoms with Crippen LogP contribution >= 0.6 is 0 Å². The predicted molar refractivity (Wildman–Crippen MR) is 52.8 cm³/mol. The number of rotatable bonds is 5. The van der Waals surface area contributed by atoms with Crippen LogP contribution < -0.4 is 0 Å². The molecule has 1 fully saturated rings. The Morgan fingerprint density at radius 3 is 2.50 bits per heavy atom. The van der Waals surface area contributed by atoms with Crippen molar-refractivity contribution in [3.8, 4) is 0 Å². The van der Waals surface area contributed by atoms with Crippen molar-refractivity contribution < 1.29 is 14.3 Å². The van der Waals surface area contributed by atoms with Crippen LogP contribution in [0.1, 0.15) is 45.4 Å². The maximum Gasteiger partial charge on any atom is 0.313 e. The summed E-state index contributed by atoms with van der Waals surface area (Å²) in [6.45, 7) is 1.88. The fourth-order valence-corrected chi connectivity index (χ4v) is 1.89. The minimum absolute atomic E-state index is 0.0787. The fraction of sp³-hybridized carbons (Fsp3) is 0.818. The standard InChI is InChI=1S/C11H18O3/c1-9(12)8-11(13)14-7-6-10-4-2-3-5-10/h10H,2-8H2,1H3. The molecule has 0 aliphatic heterocycles. The molecule has 0 radical (unpaired) electrons. The van der Waals surface area contributed by atoms with Crippen molar-refractivity contribution in [1.29, 1.82) is 0 Å². The average Bonchev–Trinajstić information content (AvgIpc) is 2.55. The molecule has 0 aromatic rings. The average molecular weight is 198 g/mol. The lowest BCUT2D eigenvalue weighted by Crippen LogP contribution is -2.11. The van der Waals surface area contributed by atoms with Crippen molar-refractivity contribution in [2.24, 2.45) is 5.92 Å². The van der Waals surface area contributed by atoms with Crippen molar-refractivity contribution >= 4 is 11.8 Å². The minimum Gasteiger partial charge on any atom is -0.465 e. The molecule has 0 N–H and O–H groups in total. The van der Waals surface area contributed by atoms with Crippen LogP contribution in [-0.2, 0) is 14.3 Å². The Hall–Kier alpha value is -0.860. The Morgan fingerprint density at radius 1 is 1.29 bits per heavy atom. The van der Waals surface area contributed by atoms with Gasteiger partial charge in [0.2, 0.25) is 0 Å². The van der Waals surface area contributed by atoms with Gasteiger partial charge in [-0.2, -0.15) is 0 Å². The molecule has 1 saturated carbocycles. The van der Waals surface area contributed by atoms with E-state index < -0.39 is 0 Å². The van der Waals surface area contributed by atoms with Crippen molar-refractivity contribution in [1.82, 2.24) is 0 Å². The van der Waals surface area contributed by atoms with Gasteiger partial charge in [0.25, 0.3) is 0 Å². The number of Topliss-reactive ketones (excluding diaryl/α,β-unsaturated/α-hetero) is 1. The second kappa shape index (κ2) is 5.78. The third-order valence-electron chi connectivity index (χ3n) is 2.66. The van der Waals surface area contributed by atoms with Gasteiger partial charge < -0.3 is 4.74 Å². The van der Waals surface area contributed by atoms with Crippen molar-refractivity contribution in [3.63, 3.8) is 0 Å². The zero-order chi connectivity index (χ0) is 10.4. The van der Waals surface area contributed by atoms with Gasteiger partial charge in [-0.05, 0) is 19.3 Å². The topological polar surface area (TPSA) is 43.4 Å². The van der Waals surface area contributed by atoms with E-state index in [1.807, 2.05) is 0 Å². The van der Waals surface area contributed by atoms with Crippen LogP contribution in [0.4, 0.5) is 0 Å². The number of hydrogen-bond donors (Lipinski definition) is 0. The number of hydrogen-bond acceptors (Lipinski definition) is 3. The van der Waals surface area contributed by atoms with Gasteiger partial charge in [-0.3, -0.25) is 9.59 Å². The first-order valence-electron chi connectivity index (χ1n) is 5.33. The summed E-state index contributed by atoms with van der Waals surface area (Å²) in [6, 6.07) is 0. The highest BCUT2D eigenvalue weighted by Gasteiger charge is 2.15. The zero-order valence-electron chi connectivity index (χ0n) is 8.75. The van der Waals surface area contributed by atoms with Crippen LogP contribution in [0.15, 0.2) is 0 Å².